The summed E-state index contributed by atoms with van der Waals surface area (Å²) in [5.74, 6) is -0.756. The van der Waals surface area contributed by atoms with Crippen molar-refractivity contribution in [1.29, 1.82) is 0 Å². The van der Waals surface area contributed by atoms with Crippen LogP contribution >= 0.6 is 11.6 Å². The van der Waals surface area contributed by atoms with Gasteiger partial charge < -0.3 is 14.8 Å². The van der Waals surface area contributed by atoms with Crippen LogP contribution in [0.2, 0.25) is 5.02 Å². The monoisotopic (exact) mass is 389 g/mol. The number of esters is 1. The van der Waals surface area contributed by atoms with Gasteiger partial charge in [-0.15, -0.1) is 0 Å². The van der Waals surface area contributed by atoms with Gasteiger partial charge >= 0.3 is 5.97 Å². The maximum atomic E-state index is 12.1. The Hall–Kier alpha value is -2.86. The van der Waals surface area contributed by atoms with E-state index in [1.807, 2.05) is 0 Å². The molecule has 0 fully saturated rings. The number of rotatable bonds is 7. The zero-order valence-electron chi connectivity index (χ0n) is 15.2. The maximum absolute atomic E-state index is 12.1. The van der Waals surface area contributed by atoms with Gasteiger partial charge in [0.05, 0.1) is 17.2 Å². The van der Waals surface area contributed by atoms with Crippen LogP contribution in [0.25, 0.3) is 0 Å². The second kappa shape index (κ2) is 9.19. The van der Waals surface area contributed by atoms with Gasteiger partial charge in [0, 0.05) is 10.7 Å². The SMILES string of the molecule is CC(=O)c1cc(Cl)ccc1OCC(=O)Nc1ccc(C(=O)OC(C)C)cc1. The Morgan fingerprint density at radius 3 is 2.33 bits per heavy atom. The van der Waals surface area contributed by atoms with Gasteiger partial charge in [-0.25, -0.2) is 4.79 Å². The van der Waals surface area contributed by atoms with Crippen LogP contribution in [0.3, 0.4) is 0 Å². The molecule has 0 radical (unpaired) electrons. The van der Waals surface area contributed by atoms with E-state index in [0.29, 0.717) is 21.8 Å². The molecular formula is C20H20ClNO5. The van der Waals surface area contributed by atoms with E-state index in [9.17, 15) is 14.4 Å². The van der Waals surface area contributed by atoms with Gasteiger partial charge in [0.2, 0.25) is 0 Å². The molecule has 1 N–H and O–H groups in total. The van der Waals surface area contributed by atoms with E-state index in [1.165, 1.54) is 13.0 Å². The fourth-order valence-electron chi connectivity index (χ4n) is 2.22. The predicted octanol–water partition coefficient (Wildman–Crippen LogP) is 4.13. The molecule has 0 aliphatic carbocycles. The number of anilines is 1. The van der Waals surface area contributed by atoms with Crippen molar-refractivity contribution in [2.75, 3.05) is 11.9 Å². The molecule has 2 aromatic carbocycles. The number of carbonyl (C=O) groups is 3. The Bertz CT molecular complexity index is 846. The number of benzene rings is 2. The second-order valence-corrected chi connectivity index (χ2v) is 6.50. The first-order valence-corrected chi connectivity index (χ1v) is 8.68. The minimum atomic E-state index is -0.425. The molecule has 1 amide bonds. The summed E-state index contributed by atoms with van der Waals surface area (Å²) in [4.78, 5) is 35.5. The van der Waals surface area contributed by atoms with Gasteiger partial charge in [0.25, 0.3) is 5.91 Å². The molecule has 0 spiro atoms. The highest BCUT2D eigenvalue weighted by molar-refractivity contribution is 6.31. The maximum Gasteiger partial charge on any atom is 0.338 e. The first-order chi connectivity index (χ1) is 12.8. The van der Waals surface area contributed by atoms with E-state index >= 15 is 0 Å². The Morgan fingerprint density at radius 2 is 1.74 bits per heavy atom. The molecule has 6 nitrogen and oxygen atoms in total. The summed E-state index contributed by atoms with van der Waals surface area (Å²) in [5, 5.41) is 3.06. The standard InChI is InChI=1S/C20H20ClNO5/c1-12(2)27-20(25)14-4-7-16(8-5-14)22-19(24)11-26-18-9-6-15(21)10-17(18)13(3)23/h4-10,12H,11H2,1-3H3,(H,22,24). The summed E-state index contributed by atoms with van der Waals surface area (Å²) in [6.45, 7) is 4.65. The third-order valence-electron chi connectivity index (χ3n) is 3.43. The van der Waals surface area contributed by atoms with Gasteiger partial charge in [0.1, 0.15) is 5.75 Å². The van der Waals surface area contributed by atoms with Crippen LogP contribution in [0.5, 0.6) is 5.75 Å². The van der Waals surface area contributed by atoms with Crippen LogP contribution in [0, 0.1) is 0 Å². The van der Waals surface area contributed by atoms with Crippen molar-refractivity contribution in [3.63, 3.8) is 0 Å². The molecule has 27 heavy (non-hydrogen) atoms. The van der Waals surface area contributed by atoms with Crippen molar-refractivity contribution >= 4 is 34.9 Å². The molecule has 0 bridgehead atoms. The molecule has 0 unspecified atom stereocenters. The number of nitrogens with one attached hydrogen (secondary N) is 1. The normalized spacial score (nSPS) is 10.4. The average Bonchev–Trinajstić information content (AvgIpc) is 2.60. The summed E-state index contributed by atoms with van der Waals surface area (Å²) in [5.41, 5.74) is 1.21. The van der Waals surface area contributed by atoms with Crippen molar-refractivity contribution in [3.8, 4) is 5.75 Å². The molecule has 0 saturated carbocycles. The van der Waals surface area contributed by atoms with Crippen molar-refractivity contribution in [2.24, 2.45) is 0 Å². The largest absolute Gasteiger partial charge is 0.483 e. The number of ketones is 1. The van der Waals surface area contributed by atoms with Gasteiger partial charge in [-0.3, -0.25) is 9.59 Å². The molecule has 0 aromatic heterocycles. The zero-order valence-corrected chi connectivity index (χ0v) is 16.0. The number of amides is 1. The van der Waals surface area contributed by atoms with Crippen LogP contribution in [-0.4, -0.2) is 30.4 Å². The van der Waals surface area contributed by atoms with Crippen LogP contribution in [0.4, 0.5) is 5.69 Å². The highest BCUT2D eigenvalue weighted by atomic mass is 35.5. The molecule has 0 saturated heterocycles. The molecule has 0 aliphatic heterocycles. The molecule has 0 heterocycles. The van der Waals surface area contributed by atoms with E-state index in [4.69, 9.17) is 21.1 Å². The average molecular weight is 390 g/mol. The topological polar surface area (TPSA) is 81.7 Å². The van der Waals surface area contributed by atoms with Gasteiger partial charge in [-0.1, -0.05) is 11.6 Å². The highest BCUT2D eigenvalue weighted by Gasteiger charge is 2.12. The van der Waals surface area contributed by atoms with Crippen LogP contribution in [0.15, 0.2) is 42.5 Å². The van der Waals surface area contributed by atoms with E-state index < -0.39 is 11.9 Å². The van der Waals surface area contributed by atoms with Crippen LogP contribution in [0.1, 0.15) is 41.5 Å². The Balaban J connectivity index is 1.95. The van der Waals surface area contributed by atoms with E-state index in [-0.39, 0.29) is 24.2 Å². The van der Waals surface area contributed by atoms with Crippen molar-refractivity contribution in [1.82, 2.24) is 0 Å². The van der Waals surface area contributed by atoms with Crippen molar-refractivity contribution in [3.05, 3.63) is 58.6 Å². The smallest absolute Gasteiger partial charge is 0.338 e. The minimum Gasteiger partial charge on any atom is -0.483 e. The zero-order chi connectivity index (χ0) is 20.0. The second-order valence-electron chi connectivity index (χ2n) is 6.06. The fraction of sp³-hybridized carbons (Fsp3) is 0.250. The first kappa shape index (κ1) is 20.5. The van der Waals surface area contributed by atoms with E-state index in [0.717, 1.165) is 0 Å². The number of ether oxygens (including phenoxy) is 2. The van der Waals surface area contributed by atoms with E-state index in [2.05, 4.69) is 5.32 Å². The van der Waals surface area contributed by atoms with Crippen LogP contribution < -0.4 is 10.1 Å². The lowest BCUT2D eigenvalue weighted by molar-refractivity contribution is -0.118. The van der Waals surface area contributed by atoms with Gasteiger partial charge in [-0.05, 0) is 63.2 Å². The Labute approximate surface area is 162 Å². The number of hydrogen-bond acceptors (Lipinski definition) is 5. The molecular weight excluding hydrogens is 370 g/mol. The molecule has 0 aliphatic rings. The molecule has 7 heteroatoms. The fourth-order valence-corrected chi connectivity index (χ4v) is 2.39. The molecule has 0 atom stereocenters. The summed E-state index contributed by atoms with van der Waals surface area (Å²) >= 11 is 5.87. The first-order valence-electron chi connectivity index (χ1n) is 8.30. The summed E-state index contributed by atoms with van der Waals surface area (Å²) < 4.78 is 10.5. The Kier molecular flexibility index (Phi) is 6.96. The lowest BCUT2D eigenvalue weighted by atomic mass is 10.1. The molecule has 142 valence electrons. The number of hydrogen-bond donors (Lipinski definition) is 1. The van der Waals surface area contributed by atoms with Gasteiger partial charge in [0.15, 0.2) is 12.4 Å². The number of Topliss-reactive ketones (excluding diaryl/α,β-unsaturated/α-hetero) is 1. The lowest BCUT2D eigenvalue weighted by Crippen LogP contribution is -2.21. The number of carbonyl (C=O) groups excluding carboxylic acids is 3. The van der Waals surface area contributed by atoms with Crippen molar-refractivity contribution in [2.45, 2.75) is 26.9 Å². The van der Waals surface area contributed by atoms with Crippen molar-refractivity contribution < 1.29 is 23.9 Å². The summed E-state index contributed by atoms with van der Waals surface area (Å²) in [6.07, 6.45) is -0.207. The molecule has 2 rings (SSSR count). The predicted molar refractivity (Wildman–Crippen MR) is 103 cm³/mol. The third-order valence-corrected chi connectivity index (χ3v) is 3.66. The Morgan fingerprint density at radius 1 is 1.07 bits per heavy atom. The van der Waals surface area contributed by atoms with Gasteiger partial charge in [-0.2, -0.15) is 0 Å². The highest BCUT2D eigenvalue weighted by Crippen LogP contribution is 2.23. The van der Waals surface area contributed by atoms with E-state index in [1.54, 1.807) is 50.2 Å². The minimum absolute atomic E-state index is 0.207. The quantitative estimate of drug-likeness (QED) is 0.568. The lowest BCUT2D eigenvalue weighted by Gasteiger charge is -2.11. The third kappa shape index (κ3) is 6.11. The van der Waals surface area contributed by atoms with Crippen LogP contribution in [-0.2, 0) is 9.53 Å². The summed E-state index contributed by atoms with van der Waals surface area (Å²) in [7, 11) is 0. The molecule has 2 aromatic rings. The number of halogens is 1. The summed E-state index contributed by atoms with van der Waals surface area (Å²) in [6, 6.07) is 10.9.